The van der Waals surface area contributed by atoms with Crippen molar-refractivity contribution >= 4 is 10.9 Å². The maximum absolute atomic E-state index is 10.9. The van der Waals surface area contributed by atoms with Gasteiger partial charge in [0.1, 0.15) is 18.5 Å². The van der Waals surface area contributed by atoms with Crippen LogP contribution in [0.2, 0.25) is 0 Å². The summed E-state index contributed by atoms with van der Waals surface area (Å²) in [6, 6.07) is 13.7. The Morgan fingerprint density at radius 2 is 1.84 bits per heavy atom. The summed E-state index contributed by atoms with van der Waals surface area (Å²) in [4.78, 5) is 2.50. The predicted octanol–water partition coefficient (Wildman–Crippen LogP) is 5.51. The third kappa shape index (κ3) is 3.84. The Morgan fingerprint density at radius 1 is 1.06 bits per heavy atom. The van der Waals surface area contributed by atoms with Crippen LogP contribution in [0.5, 0.6) is 5.75 Å². The lowest BCUT2D eigenvalue weighted by atomic mass is 9.89. The lowest BCUT2D eigenvalue weighted by Crippen LogP contribution is -2.44. The van der Waals surface area contributed by atoms with E-state index in [9.17, 15) is 5.11 Å². The summed E-state index contributed by atoms with van der Waals surface area (Å²) in [6.07, 6.45) is 3.06. The van der Waals surface area contributed by atoms with Crippen molar-refractivity contribution in [2.75, 3.05) is 19.7 Å². The van der Waals surface area contributed by atoms with Gasteiger partial charge in [-0.15, -0.1) is 0 Å². The van der Waals surface area contributed by atoms with Gasteiger partial charge in [0, 0.05) is 36.2 Å². The predicted molar refractivity (Wildman–Crippen MR) is 131 cm³/mol. The van der Waals surface area contributed by atoms with Crippen molar-refractivity contribution in [3.63, 3.8) is 0 Å². The monoisotopic (exact) mass is 432 g/mol. The molecule has 3 aromatic rings. The van der Waals surface area contributed by atoms with Gasteiger partial charge in [-0.05, 0) is 73.9 Å². The van der Waals surface area contributed by atoms with E-state index in [1.807, 2.05) is 0 Å². The number of aliphatic hydroxyl groups is 1. The summed E-state index contributed by atoms with van der Waals surface area (Å²) in [5.74, 6) is 1.31. The van der Waals surface area contributed by atoms with Gasteiger partial charge in [-0.2, -0.15) is 0 Å². The normalized spacial score (nSPS) is 19.4. The molecule has 4 heteroatoms. The van der Waals surface area contributed by atoms with Crippen molar-refractivity contribution in [3.05, 3.63) is 64.3 Å². The van der Waals surface area contributed by atoms with E-state index in [-0.39, 0.29) is 0 Å². The molecule has 0 unspecified atom stereocenters. The van der Waals surface area contributed by atoms with Crippen LogP contribution in [0.15, 0.2) is 36.4 Å². The number of hydrogen-bond donors (Lipinski definition) is 1. The highest BCUT2D eigenvalue weighted by atomic mass is 16.5. The first kappa shape index (κ1) is 21.5. The molecule has 4 nitrogen and oxygen atoms in total. The molecule has 2 atom stereocenters. The molecule has 0 saturated heterocycles. The molecule has 170 valence electrons. The van der Waals surface area contributed by atoms with Crippen molar-refractivity contribution in [2.24, 2.45) is 0 Å². The molecule has 1 aliphatic heterocycles. The van der Waals surface area contributed by atoms with E-state index in [2.05, 4.69) is 73.6 Å². The van der Waals surface area contributed by atoms with E-state index >= 15 is 0 Å². The number of aliphatic hydroxyl groups excluding tert-OH is 1. The lowest BCUT2D eigenvalue weighted by molar-refractivity contribution is 0.0372. The molecule has 0 bridgehead atoms. The third-order valence-corrected chi connectivity index (χ3v) is 7.31. The highest BCUT2D eigenvalue weighted by Gasteiger charge is 2.35. The Hall–Kier alpha value is -2.30. The van der Waals surface area contributed by atoms with Crippen LogP contribution in [-0.4, -0.2) is 40.4 Å². The number of aromatic nitrogens is 1. The SMILES string of the molecule is Cc1ccc(C(C)C)c(OC[C@@H](O)CN2CCn3c4c(c5cc(C)ccc53)CCC[C@@H]42)c1. The minimum atomic E-state index is -0.501. The van der Waals surface area contributed by atoms with Crippen LogP contribution < -0.4 is 4.74 Å². The van der Waals surface area contributed by atoms with Gasteiger partial charge in [-0.3, -0.25) is 4.90 Å². The molecule has 5 rings (SSSR count). The summed E-state index contributed by atoms with van der Waals surface area (Å²) in [7, 11) is 0. The minimum absolute atomic E-state index is 0.335. The van der Waals surface area contributed by atoms with Crippen LogP contribution in [0.4, 0.5) is 0 Å². The molecular weight excluding hydrogens is 396 g/mol. The quantitative estimate of drug-likeness (QED) is 0.558. The molecule has 1 N–H and O–H groups in total. The lowest BCUT2D eigenvalue weighted by Gasteiger charge is -2.40. The van der Waals surface area contributed by atoms with Gasteiger partial charge < -0.3 is 14.4 Å². The maximum atomic E-state index is 10.9. The van der Waals surface area contributed by atoms with Gasteiger partial charge >= 0.3 is 0 Å². The van der Waals surface area contributed by atoms with E-state index in [0.29, 0.717) is 25.1 Å². The second kappa shape index (κ2) is 8.57. The number of rotatable bonds is 6. The van der Waals surface area contributed by atoms with Crippen LogP contribution in [0, 0.1) is 13.8 Å². The maximum Gasteiger partial charge on any atom is 0.123 e. The Kier molecular flexibility index (Phi) is 5.77. The topological polar surface area (TPSA) is 37.6 Å². The number of hydrogen-bond acceptors (Lipinski definition) is 3. The van der Waals surface area contributed by atoms with E-state index in [4.69, 9.17) is 4.74 Å². The van der Waals surface area contributed by atoms with Crippen LogP contribution in [0.25, 0.3) is 10.9 Å². The van der Waals surface area contributed by atoms with Gasteiger partial charge in [0.25, 0.3) is 0 Å². The molecule has 2 aliphatic rings. The van der Waals surface area contributed by atoms with E-state index < -0.39 is 6.10 Å². The van der Waals surface area contributed by atoms with Gasteiger partial charge in [-0.25, -0.2) is 0 Å². The fraction of sp³-hybridized carbons (Fsp3) is 0.500. The Labute approximate surface area is 191 Å². The fourth-order valence-electron chi connectivity index (χ4n) is 5.76. The zero-order chi connectivity index (χ0) is 22.4. The smallest absolute Gasteiger partial charge is 0.123 e. The number of β-amino-alcohol motifs (C(OH)–C–C–N with tert-alkyl or cyclic N) is 1. The number of ether oxygens (including phenoxy) is 1. The van der Waals surface area contributed by atoms with Crippen molar-refractivity contribution in [1.29, 1.82) is 0 Å². The third-order valence-electron chi connectivity index (χ3n) is 7.31. The summed E-state index contributed by atoms with van der Waals surface area (Å²) in [5.41, 5.74) is 8.15. The molecule has 1 aromatic heterocycles. The van der Waals surface area contributed by atoms with Crippen molar-refractivity contribution in [3.8, 4) is 5.75 Å². The van der Waals surface area contributed by atoms with E-state index in [1.54, 1.807) is 0 Å². The van der Waals surface area contributed by atoms with Crippen LogP contribution in [0.1, 0.15) is 66.6 Å². The van der Waals surface area contributed by atoms with Crippen LogP contribution in [0.3, 0.4) is 0 Å². The number of nitrogens with zero attached hydrogens (tertiary/aromatic N) is 2. The first-order valence-electron chi connectivity index (χ1n) is 12.2. The summed E-state index contributed by atoms with van der Waals surface area (Å²) in [5, 5.41) is 12.4. The standard InChI is InChI=1S/C28H36N2O2/c1-18(2)22-10-8-20(4)15-27(22)32-17-21(31)16-29-12-13-30-25-11-9-19(3)14-24(25)23-6-5-7-26(29)28(23)30/h8-11,14-15,18,21,26,31H,5-7,12-13,16-17H2,1-4H3/t21-,26-/m0/s1. The van der Waals surface area contributed by atoms with Gasteiger partial charge in [0.15, 0.2) is 0 Å². The van der Waals surface area contributed by atoms with Gasteiger partial charge in [0.05, 0.1) is 6.04 Å². The Bertz CT molecular complexity index is 1130. The molecule has 32 heavy (non-hydrogen) atoms. The Balaban J connectivity index is 1.33. The van der Waals surface area contributed by atoms with Gasteiger partial charge in [0.2, 0.25) is 0 Å². The second-order valence-corrected chi connectivity index (χ2v) is 10.1. The molecule has 1 aliphatic carbocycles. The zero-order valence-electron chi connectivity index (χ0n) is 19.9. The molecule has 0 spiro atoms. The highest BCUT2D eigenvalue weighted by molar-refractivity contribution is 5.87. The van der Waals surface area contributed by atoms with Crippen molar-refractivity contribution in [2.45, 2.75) is 71.6 Å². The average molecular weight is 433 g/mol. The van der Waals surface area contributed by atoms with Crippen LogP contribution in [-0.2, 0) is 13.0 Å². The average Bonchev–Trinajstić information content (AvgIpc) is 3.08. The molecule has 2 aromatic carbocycles. The minimum Gasteiger partial charge on any atom is -0.491 e. The highest BCUT2D eigenvalue weighted by Crippen LogP contribution is 2.42. The molecular formula is C28H36N2O2. The fourth-order valence-corrected chi connectivity index (χ4v) is 5.76. The molecule has 0 radical (unpaired) electrons. The molecule has 0 amide bonds. The van der Waals surface area contributed by atoms with Crippen molar-refractivity contribution < 1.29 is 9.84 Å². The zero-order valence-corrected chi connectivity index (χ0v) is 19.9. The van der Waals surface area contributed by atoms with E-state index in [0.717, 1.165) is 18.8 Å². The molecule has 2 heterocycles. The first-order chi connectivity index (χ1) is 15.4. The first-order valence-corrected chi connectivity index (χ1v) is 12.2. The van der Waals surface area contributed by atoms with Gasteiger partial charge in [-0.1, -0.05) is 37.6 Å². The van der Waals surface area contributed by atoms with E-state index in [1.165, 1.54) is 58.1 Å². The largest absolute Gasteiger partial charge is 0.491 e. The Morgan fingerprint density at radius 3 is 2.66 bits per heavy atom. The summed E-state index contributed by atoms with van der Waals surface area (Å²) < 4.78 is 8.69. The number of fused-ring (bicyclic) bond motifs is 3. The van der Waals surface area contributed by atoms with Crippen LogP contribution >= 0.6 is 0 Å². The molecule has 0 saturated carbocycles. The second-order valence-electron chi connectivity index (χ2n) is 10.1. The molecule has 0 fully saturated rings. The van der Waals surface area contributed by atoms with Crippen molar-refractivity contribution in [1.82, 2.24) is 9.47 Å². The summed E-state index contributed by atoms with van der Waals surface area (Å²) in [6.45, 7) is 11.6. The summed E-state index contributed by atoms with van der Waals surface area (Å²) >= 11 is 0. The number of aryl methyl sites for hydroxylation is 3. The number of benzene rings is 2.